The van der Waals surface area contributed by atoms with E-state index >= 15 is 0 Å². The van der Waals surface area contributed by atoms with Gasteiger partial charge in [0.25, 0.3) is 0 Å². The molecule has 0 aliphatic heterocycles. The molecule has 0 heterocycles. The number of carbonyl (C=O) groups is 1. The Hall–Kier alpha value is -0.610. The lowest BCUT2D eigenvalue weighted by Crippen LogP contribution is -2.44. The van der Waals surface area contributed by atoms with Gasteiger partial charge >= 0.3 is 0 Å². The first kappa shape index (κ1) is 12.5. The predicted molar refractivity (Wildman–Crippen MR) is 59.2 cm³/mol. The van der Waals surface area contributed by atoms with Crippen molar-refractivity contribution < 1.29 is 9.90 Å². The van der Waals surface area contributed by atoms with Crippen molar-refractivity contribution in [1.82, 2.24) is 5.32 Å². The SMILES string of the molecule is C[C@@H](CO)NC(=O)C1CCCCC1CN. The van der Waals surface area contributed by atoms with Gasteiger partial charge in [0, 0.05) is 12.0 Å². The van der Waals surface area contributed by atoms with E-state index in [2.05, 4.69) is 5.32 Å². The van der Waals surface area contributed by atoms with Crippen molar-refractivity contribution in [2.24, 2.45) is 17.6 Å². The normalized spacial score (nSPS) is 28.5. The molecule has 1 amide bonds. The minimum Gasteiger partial charge on any atom is -0.394 e. The molecule has 0 bridgehead atoms. The summed E-state index contributed by atoms with van der Waals surface area (Å²) in [6.07, 6.45) is 4.29. The Labute approximate surface area is 91.2 Å². The highest BCUT2D eigenvalue weighted by Crippen LogP contribution is 2.29. The number of amides is 1. The summed E-state index contributed by atoms with van der Waals surface area (Å²) in [6.45, 7) is 2.38. The van der Waals surface area contributed by atoms with Crippen LogP contribution in [0.25, 0.3) is 0 Å². The highest BCUT2D eigenvalue weighted by molar-refractivity contribution is 5.79. The van der Waals surface area contributed by atoms with Crippen molar-refractivity contribution >= 4 is 5.91 Å². The Bertz CT molecular complexity index is 209. The summed E-state index contributed by atoms with van der Waals surface area (Å²) in [4.78, 5) is 11.9. The summed E-state index contributed by atoms with van der Waals surface area (Å²) in [5.41, 5.74) is 5.67. The van der Waals surface area contributed by atoms with E-state index in [1.54, 1.807) is 6.92 Å². The van der Waals surface area contributed by atoms with Gasteiger partial charge in [-0.15, -0.1) is 0 Å². The maximum absolute atomic E-state index is 11.9. The van der Waals surface area contributed by atoms with Crippen LogP contribution in [0.2, 0.25) is 0 Å². The molecule has 88 valence electrons. The van der Waals surface area contributed by atoms with Crippen molar-refractivity contribution in [2.45, 2.75) is 38.6 Å². The molecule has 0 spiro atoms. The third-order valence-electron chi connectivity index (χ3n) is 3.21. The van der Waals surface area contributed by atoms with Gasteiger partial charge in [0.2, 0.25) is 5.91 Å². The molecule has 15 heavy (non-hydrogen) atoms. The van der Waals surface area contributed by atoms with E-state index in [1.807, 2.05) is 0 Å². The number of hydrogen-bond donors (Lipinski definition) is 3. The minimum atomic E-state index is -0.155. The Balaban J connectivity index is 2.48. The molecule has 4 heteroatoms. The van der Waals surface area contributed by atoms with Crippen molar-refractivity contribution in [1.29, 1.82) is 0 Å². The molecule has 0 aromatic rings. The van der Waals surface area contributed by atoms with Gasteiger partial charge in [0.05, 0.1) is 6.61 Å². The maximum atomic E-state index is 11.9. The molecule has 0 aromatic carbocycles. The molecular weight excluding hydrogens is 192 g/mol. The van der Waals surface area contributed by atoms with Crippen LogP contribution in [-0.4, -0.2) is 30.2 Å². The van der Waals surface area contributed by atoms with Gasteiger partial charge in [-0.3, -0.25) is 4.79 Å². The van der Waals surface area contributed by atoms with Gasteiger partial charge in [-0.05, 0) is 32.2 Å². The first-order valence-electron chi connectivity index (χ1n) is 5.80. The number of nitrogens with two attached hydrogens (primary N) is 1. The van der Waals surface area contributed by atoms with E-state index in [-0.39, 0.29) is 24.5 Å². The lowest BCUT2D eigenvalue weighted by atomic mass is 9.78. The number of nitrogens with one attached hydrogen (secondary N) is 1. The van der Waals surface area contributed by atoms with Crippen LogP contribution in [0.1, 0.15) is 32.6 Å². The zero-order valence-corrected chi connectivity index (χ0v) is 9.41. The van der Waals surface area contributed by atoms with Crippen LogP contribution in [0.3, 0.4) is 0 Å². The molecule has 0 saturated heterocycles. The second-order valence-corrected chi connectivity index (χ2v) is 4.48. The van der Waals surface area contributed by atoms with Gasteiger partial charge in [0.1, 0.15) is 0 Å². The highest BCUT2D eigenvalue weighted by atomic mass is 16.3. The standard InChI is InChI=1S/C11H22N2O2/c1-8(7-14)13-11(15)10-5-3-2-4-9(10)6-12/h8-10,14H,2-7,12H2,1H3,(H,13,15)/t8-,9?,10?/m0/s1. The van der Waals surface area contributed by atoms with Crippen LogP contribution in [0.15, 0.2) is 0 Å². The topological polar surface area (TPSA) is 75.3 Å². The molecular formula is C11H22N2O2. The first-order valence-corrected chi connectivity index (χ1v) is 5.80. The molecule has 0 aromatic heterocycles. The van der Waals surface area contributed by atoms with E-state index in [0.29, 0.717) is 12.5 Å². The van der Waals surface area contributed by atoms with Crippen molar-refractivity contribution in [3.63, 3.8) is 0 Å². The van der Waals surface area contributed by atoms with E-state index in [9.17, 15) is 4.79 Å². The summed E-state index contributed by atoms with van der Waals surface area (Å²) in [7, 11) is 0. The molecule has 1 rings (SSSR count). The zero-order valence-electron chi connectivity index (χ0n) is 9.41. The van der Waals surface area contributed by atoms with Crippen LogP contribution >= 0.6 is 0 Å². The van der Waals surface area contributed by atoms with Gasteiger partial charge in [0.15, 0.2) is 0 Å². The number of rotatable bonds is 4. The fraction of sp³-hybridized carbons (Fsp3) is 0.909. The van der Waals surface area contributed by atoms with Crippen molar-refractivity contribution in [3.05, 3.63) is 0 Å². The van der Waals surface area contributed by atoms with Crippen LogP contribution in [0.4, 0.5) is 0 Å². The highest BCUT2D eigenvalue weighted by Gasteiger charge is 2.30. The van der Waals surface area contributed by atoms with Crippen LogP contribution < -0.4 is 11.1 Å². The van der Waals surface area contributed by atoms with Gasteiger partial charge in [-0.25, -0.2) is 0 Å². The quantitative estimate of drug-likeness (QED) is 0.628. The average molecular weight is 214 g/mol. The summed E-state index contributed by atoms with van der Waals surface area (Å²) < 4.78 is 0. The zero-order chi connectivity index (χ0) is 11.3. The molecule has 2 unspecified atom stereocenters. The van der Waals surface area contributed by atoms with E-state index in [4.69, 9.17) is 10.8 Å². The van der Waals surface area contributed by atoms with Crippen LogP contribution in [0.5, 0.6) is 0 Å². The van der Waals surface area contributed by atoms with Gasteiger partial charge in [-0.1, -0.05) is 12.8 Å². The predicted octanol–water partition coefficient (Wildman–Crippen LogP) is 0.249. The fourth-order valence-electron chi connectivity index (χ4n) is 2.23. The summed E-state index contributed by atoms with van der Waals surface area (Å²) >= 11 is 0. The molecule has 1 fully saturated rings. The summed E-state index contributed by atoms with van der Waals surface area (Å²) in [6, 6.07) is -0.155. The lowest BCUT2D eigenvalue weighted by Gasteiger charge is -2.30. The van der Waals surface area contributed by atoms with E-state index < -0.39 is 0 Å². The van der Waals surface area contributed by atoms with E-state index in [0.717, 1.165) is 19.3 Å². The molecule has 3 atom stereocenters. The first-order chi connectivity index (χ1) is 7.19. The maximum Gasteiger partial charge on any atom is 0.223 e. The smallest absolute Gasteiger partial charge is 0.223 e. The molecule has 1 aliphatic carbocycles. The van der Waals surface area contributed by atoms with Gasteiger partial charge < -0.3 is 16.2 Å². The Morgan fingerprint density at radius 2 is 2.20 bits per heavy atom. The Morgan fingerprint density at radius 3 is 2.80 bits per heavy atom. The van der Waals surface area contributed by atoms with Gasteiger partial charge in [-0.2, -0.15) is 0 Å². The lowest BCUT2D eigenvalue weighted by molar-refractivity contribution is -0.128. The minimum absolute atomic E-state index is 0.00818. The fourth-order valence-corrected chi connectivity index (χ4v) is 2.23. The van der Waals surface area contributed by atoms with Crippen molar-refractivity contribution in [2.75, 3.05) is 13.2 Å². The second-order valence-electron chi connectivity index (χ2n) is 4.48. The number of carbonyl (C=O) groups excluding carboxylic acids is 1. The number of aliphatic hydroxyl groups is 1. The Kier molecular flexibility index (Phi) is 5.05. The molecule has 0 radical (unpaired) electrons. The molecule has 4 nitrogen and oxygen atoms in total. The molecule has 1 aliphatic rings. The van der Waals surface area contributed by atoms with E-state index in [1.165, 1.54) is 6.42 Å². The summed E-state index contributed by atoms with van der Waals surface area (Å²) in [5.74, 6) is 0.439. The number of aliphatic hydroxyl groups excluding tert-OH is 1. The summed E-state index contributed by atoms with van der Waals surface area (Å²) in [5, 5.41) is 11.7. The average Bonchev–Trinajstić information content (AvgIpc) is 2.28. The largest absolute Gasteiger partial charge is 0.394 e. The molecule has 1 saturated carbocycles. The monoisotopic (exact) mass is 214 g/mol. The second kappa shape index (κ2) is 6.08. The number of hydrogen-bond acceptors (Lipinski definition) is 3. The third-order valence-corrected chi connectivity index (χ3v) is 3.21. The van der Waals surface area contributed by atoms with Crippen LogP contribution in [0, 0.1) is 11.8 Å². The van der Waals surface area contributed by atoms with Crippen LogP contribution in [-0.2, 0) is 4.79 Å². The third kappa shape index (κ3) is 3.47. The Morgan fingerprint density at radius 1 is 1.53 bits per heavy atom. The van der Waals surface area contributed by atoms with Crippen molar-refractivity contribution in [3.8, 4) is 0 Å². The molecule has 4 N–H and O–H groups in total.